The number of nitrogens with one attached hydrogen (secondary N) is 1. The Morgan fingerprint density at radius 2 is 2.09 bits per heavy atom. The van der Waals surface area contributed by atoms with Crippen molar-refractivity contribution in [2.24, 2.45) is 0 Å². The first kappa shape index (κ1) is 13.9. The summed E-state index contributed by atoms with van der Waals surface area (Å²) < 4.78 is 0. The number of H-pyrrole nitrogens is 1. The van der Waals surface area contributed by atoms with Crippen LogP contribution in [-0.4, -0.2) is 52.0 Å². The summed E-state index contributed by atoms with van der Waals surface area (Å²) in [7, 11) is 0. The molecule has 1 atom stereocenters. The molecule has 2 aromatic rings. The lowest BCUT2D eigenvalue weighted by molar-refractivity contribution is 0.0445. The Morgan fingerprint density at radius 1 is 1.18 bits per heavy atom. The molecular formula is C17H22N4O. The van der Waals surface area contributed by atoms with Crippen LogP contribution in [0.3, 0.4) is 0 Å². The van der Waals surface area contributed by atoms with Gasteiger partial charge in [-0.05, 0) is 31.5 Å². The summed E-state index contributed by atoms with van der Waals surface area (Å²) in [6.45, 7) is 5.29. The standard InChI is InChI=1S/C17H22N4O/c22-17-14-6-1-2-7-15(14)18-16(19-17)12-20-9-10-21-8-4-3-5-13(21)11-20/h1-2,6-7,13H,3-5,8-12H2,(H,18,19,22). The minimum Gasteiger partial charge on any atom is -0.309 e. The SMILES string of the molecule is O=c1[nH]c(CN2CCN3CCCCC3C2)nc2ccccc12. The fourth-order valence-corrected chi connectivity index (χ4v) is 3.79. The zero-order chi connectivity index (χ0) is 14.9. The van der Waals surface area contributed by atoms with Gasteiger partial charge in [-0.15, -0.1) is 0 Å². The summed E-state index contributed by atoms with van der Waals surface area (Å²) in [5.74, 6) is 0.785. The summed E-state index contributed by atoms with van der Waals surface area (Å²) in [5.41, 5.74) is 0.759. The van der Waals surface area contributed by atoms with Crippen molar-refractivity contribution in [1.29, 1.82) is 0 Å². The highest BCUT2D eigenvalue weighted by Gasteiger charge is 2.28. The number of nitrogens with zero attached hydrogens (tertiary/aromatic N) is 3. The molecule has 5 nitrogen and oxygen atoms in total. The summed E-state index contributed by atoms with van der Waals surface area (Å²) in [4.78, 5) is 24.8. The predicted molar refractivity (Wildman–Crippen MR) is 86.9 cm³/mol. The first-order valence-electron chi connectivity index (χ1n) is 8.24. The first-order chi connectivity index (χ1) is 10.8. The highest BCUT2D eigenvalue weighted by atomic mass is 16.1. The van der Waals surface area contributed by atoms with E-state index in [0.29, 0.717) is 11.4 Å². The molecule has 0 aliphatic carbocycles. The van der Waals surface area contributed by atoms with E-state index in [9.17, 15) is 4.79 Å². The second-order valence-electron chi connectivity index (χ2n) is 6.45. The van der Waals surface area contributed by atoms with Crippen LogP contribution in [0.15, 0.2) is 29.1 Å². The predicted octanol–water partition coefficient (Wildman–Crippen LogP) is 1.59. The maximum absolute atomic E-state index is 12.1. The number of fused-ring (bicyclic) bond motifs is 2. The van der Waals surface area contributed by atoms with Crippen LogP contribution < -0.4 is 5.56 Å². The minimum absolute atomic E-state index is 0.0306. The van der Waals surface area contributed by atoms with Crippen LogP contribution in [-0.2, 0) is 6.54 Å². The minimum atomic E-state index is -0.0306. The molecule has 4 rings (SSSR count). The second kappa shape index (κ2) is 5.82. The molecule has 3 heterocycles. The van der Waals surface area contributed by atoms with E-state index in [2.05, 4.69) is 19.8 Å². The number of piperazine rings is 1. The zero-order valence-electron chi connectivity index (χ0n) is 12.8. The van der Waals surface area contributed by atoms with Crippen molar-refractivity contribution in [3.05, 3.63) is 40.4 Å². The van der Waals surface area contributed by atoms with Crippen molar-refractivity contribution in [1.82, 2.24) is 19.8 Å². The van der Waals surface area contributed by atoms with Gasteiger partial charge in [0.15, 0.2) is 0 Å². The van der Waals surface area contributed by atoms with E-state index < -0.39 is 0 Å². The highest BCUT2D eigenvalue weighted by Crippen LogP contribution is 2.21. The Bertz CT molecular complexity index is 726. The Labute approximate surface area is 130 Å². The lowest BCUT2D eigenvalue weighted by Crippen LogP contribution is -2.54. The fourth-order valence-electron chi connectivity index (χ4n) is 3.79. The molecule has 1 aromatic carbocycles. The summed E-state index contributed by atoms with van der Waals surface area (Å²) >= 11 is 0. The third kappa shape index (κ3) is 2.66. The molecule has 0 spiro atoms. The molecule has 0 saturated carbocycles. The lowest BCUT2D eigenvalue weighted by atomic mass is 9.99. The Hall–Kier alpha value is -1.72. The van der Waals surface area contributed by atoms with Crippen LogP contribution in [0.2, 0.25) is 0 Å². The molecule has 1 N–H and O–H groups in total. The number of rotatable bonds is 2. The topological polar surface area (TPSA) is 52.2 Å². The number of hydrogen-bond donors (Lipinski definition) is 1. The van der Waals surface area contributed by atoms with Gasteiger partial charge < -0.3 is 4.98 Å². The number of hydrogen-bond acceptors (Lipinski definition) is 4. The molecule has 0 bridgehead atoms. The Balaban J connectivity index is 1.52. The average Bonchev–Trinajstić information content (AvgIpc) is 2.55. The van der Waals surface area contributed by atoms with Crippen molar-refractivity contribution in [3.63, 3.8) is 0 Å². The molecular weight excluding hydrogens is 276 g/mol. The molecule has 1 unspecified atom stereocenters. The van der Waals surface area contributed by atoms with E-state index in [0.717, 1.165) is 37.5 Å². The van der Waals surface area contributed by atoms with Gasteiger partial charge in [0.25, 0.3) is 5.56 Å². The van der Waals surface area contributed by atoms with Crippen molar-refractivity contribution in [3.8, 4) is 0 Å². The highest BCUT2D eigenvalue weighted by molar-refractivity contribution is 5.77. The molecule has 2 aliphatic heterocycles. The van der Waals surface area contributed by atoms with Crippen molar-refractivity contribution in [2.45, 2.75) is 31.8 Å². The van der Waals surface area contributed by atoms with E-state index in [4.69, 9.17) is 0 Å². The van der Waals surface area contributed by atoms with Crippen molar-refractivity contribution >= 4 is 10.9 Å². The van der Waals surface area contributed by atoms with Crippen LogP contribution in [0.5, 0.6) is 0 Å². The van der Waals surface area contributed by atoms with Gasteiger partial charge in [-0.2, -0.15) is 0 Å². The van der Waals surface area contributed by atoms with Gasteiger partial charge in [-0.3, -0.25) is 14.6 Å². The van der Waals surface area contributed by atoms with Gasteiger partial charge in [0.1, 0.15) is 5.82 Å². The maximum atomic E-state index is 12.1. The summed E-state index contributed by atoms with van der Waals surface area (Å²) in [6, 6.07) is 8.23. The average molecular weight is 298 g/mol. The monoisotopic (exact) mass is 298 g/mol. The summed E-state index contributed by atoms with van der Waals surface area (Å²) in [6.07, 6.45) is 3.99. The van der Waals surface area contributed by atoms with Gasteiger partial charge in [0.05, 0.1) is 17.4 Å². The van der Waals surface area contributed by atoms with Crippen LogP contribution >= 0.6 is 0 Å². The molecule has 5 heteroatoms. The Morgan fingerprint density at radius 3 is 3.05 bits per heavy atom. The molecule has 2 fully saturated rings. The number of para-hydroxylation sites is 1. The van der Waals surface area contributed by atoms with E-state index in [-0.39, 0.29) is 5.56 Å². The van der Waals surface area contributed by atoms with Gasteiger partial charge in [0.2, 0.25) is 0 Å². The van der Waals surface area contributed by atoms with Gasteiger partial charge in [0, 0.05) is 25.7 Å². The van der Waals surface area contributed by atoms with Gasteiger partial charge >= 0.3 is 0 Å². The van der Waals surface area contributed by atoms with Crippen LogP contribution in [0.1, 0.15) is 25.1 Å². The number of aromatic nitrogens is 2. The van der Waals surface area contributed by atoms with E-state index in [1.54, 1.807) is 0 Å². The lowest BCUT2D eigenvalue weighted by Gasteiger charge is -2.43. The van der Waals surface area contributed by atoms with Gasteiger partial charge in [-0.1, -0.05) is 18.6 Å². The third-order valence-corrected chi connectivity index (χ3v) is 4.96. The second-order valence-corrected chi connectivity index (χ2v) is 6.45. The quantitative estimate of drug-likeness (QED) is 0.915. The number of benzene rings is 1. The third-order valence-electron chi connectivity index (χ3n) is 4.96. The fraction of sp³-hybridized carbons (Fsp3) is 0.529. The first-order valence-corrected chi connectivity index (χ1v) is 8.24. The van der Waals surface area contributed by atoms with Crippen LogP contribution in [0, 0.1) is 0 Å². The molecule has 2 aliphatic rings. The molecule has 1 aromatic heterocycles. The van der Waals surface area contributed by atoms with E-state index in [1.165, 1.54) is 25.8 Å². The van der Waals surface area contributed by atoms with Crippen molar-refractivity contribution in [2.75, 3.05) is 26.2 Å². The normalized spacial score (nSPS) is 23.5. The van der Waals surface area contributed by atoms with Crippen LogP contribution in [0.4, 0.5) is 0 Å². The molecule has 2 saturated heterocycles. The molecule has 22 heavy (non-hydrogen) atoms. The van der Waals surface area contributed by atoms with Crippen LogP contribution in [0.25, 0.3) is 10.9 Å². The van der Waals surface area contributed by atoms with E-state index >= 15 is 0 Å². The number of aromatic amines is 1. The van der Waals surface area contributed by atoms with Crippen molar-refractivity contribution < 1.29 is 0 Å². The van der Waals surface area contributed by atoms with E-state index in [1.807, 2.05) is 24.3 Å². The molecule has 116 valence electrons. The smallest absolute Gasteiger partial charge is 0.258 e. The zero-order valence-corrected chi connectivity index (χ0v) is 12.8. The maximum Gasteiger partial charge on any atom is 0.258 e. The van der Waals surface area contributed by atoms with Gasteiger partial charge in [-0.25, -0.2) is 4.98 Å². The largest absolute Gasteiger partial charge is 0.309 e. The number of piperidine rings is 1. The summed E-state index contributed by atoms with van der Waals surface area (Å²) in [5, 5.41) is 0.670. The Kier molecular flexibility index (Phi) is 3.68. The molecule has 0 radical (unpaired) electrons. The molecule has 0 amide bonds.